The predicted molar refractivity (Wildman–Crippen MR) is 71.7 cm³/mol. The number of ether oxygens (including phenoxy) is 2. The van der Waals surface area contributed by atoms with Crippen LogP contribution < -0.4 is 9.47 Å². The summed E-state index contributed by atoms with van der Waals surface area (Å²) in [5, 5.41) is 0. The van der Waals surface area contributed by atoms with E-state index in [0.29, 0.717) is 23.7 Å². The summed E-state index contributed by atoms with van der Waals surface area (Å²) < 4.78 is 10.9. The minimum absolute atomic E-state index is 0.0208. The lowest BCUT2D eigenvalue weighted by atomic mass is 10.1. The average molecular weight is 251 g/mol. The topological polar surface area (TPSA) is 38.8 Å². The highest BCUT2D eigenvalue weighted by molar-refractivity contribution is 5.94. The van der Waals surface area contributed by atoms with Crippen LogP contribution in [0.4, 0.5) is 0 Å². The highest BCUT2D eigenvalue weighted by Gasteiger charge is 2.08. The number of carbonyl (C=O) groups is 1. The lowest BCUT2D eigenvalue weighted by Crippen LogP contribution is -2.15. The Balaban J connectivity index is 2.62. The van der Waals surface area contributed by atoms with E-state index >= 15 is 0 Å². The Hall–Kier alpha value is -1.55. The van der Waals surface area contributed by atoms with E-state index in [1.807, 2.05) is 14.1 Å². The van der Waals surface area contributed by atoms with Crippen LogP contribution in [0, 0.1) is 0 Å². The summed E-state index contributed by atoms with van der Waals surface area (Å²) in [5.41, 5.74) is 0.632. The van der Waals surface area contributed by atoms with Crippen LogP contribution in [0.25, 0.3) is 0 Å². The molecule has 1 aromatic rings. The van der Waals surface area contributed by atoms with Crippen LogP contribution in [0.1, 0.15) is 23.7 Å². The standard InChI is InChI=1S/C14H21NO3/c1-11(16)12-6-7-13(14(10-12)17-4)18-9-5-8-15(2)3/h6-7,10H,5,8-9H2,1-4H3. The molecule has 0 spiro atoms. The second-order valence-corrected chi connectivity index (χ2v) is 4.43. The van der Waals surface area contributed by atoms with Gasteiger partial charge in [-0.3, -0.25) is 4.79 Å². The molecular formula is C14H21NO3. The van der Waals surface area contributed by atoms with Gasteiger partial charge in [-0.05, 0) is 45.6 Å². The minimum Gasteiger partial charge on any atom is -0.493 e. The monoisotopic (exact) mass is 251 g/mol. The van der Waals surface area contributed by atoms with Crippen LogP contribution in [-0.2, 0) is 0 Å². The van der Waals surface area contributed by atoms with Gasteiger partial charge in [0.1, 0.15) is 0 Å². The minimum atomic E-state index is 0.0208. The normalized spacial score (nSPS) is 10.5. The fraction of sp³-hybridized carbons (Fsp3) is 0.500. The van der Waals surface area contributed by atoms with E-state index in [2.05, 4.69) is 4.90 Å². The number of benzene rings is 1. The largest absolute Gasteiger partial charge is 0.493 e. The van der Waals surface area contributed by atoms with Crippen molar-refractivity contribution in [2.45, 2.75) is 13.3 Å². The third-order valence-corrected chi connectivity index (χ3v) is 2.58. The van der Waals surface area contributed by atoms with Crippen LogP contribution in [0.2, 0.25) is 0 Å². The van der Waals surface area contributed by atoms with Gasteiger partial charge >= 0.3 is 0 Å². The third kappa shape index (κ3) is 4.37. The fourth-order valence-electron chi connectivity index (χ4n) is 1.57. The van der Waals surface area contributed by atoms with Gasteiger partial charge in [0.2, 0.25) is 0 Å². The zero-order chi connectivity index (χ0) is 13.5. The summed E-state index contributed by atoms with van der Waals surface area (Å²) in [7, 11) is 5.64. The van der Waals surface area contributed by atoms with Crippen molar-refractivity contribution in [2.24, 2.45) is 0 Å². The Morgan fingerprint density at radius 3 is 2.56 bits per heavy atom. The first kappa shape index (κ1) is 14.5. The molecule has 0 saturated carbocycles. The summed E-state index contributed by atoms with van der Waals surface area (Å²) in [6.07, 6.45) is 0.949. The van der Waals surface area contributed by atoms with Crippen LogP contribution in [-0.4, -0.2) is 45.0 Å². The zero-order valence-corrected chi connectivity index (χ0v) is 11.5. The maximum absolute atomic E-state index is 11.3. The predicted octanol–water partition coefficient (Wildman–Crippen LogP) is 2.23. The molecule has 0 aliphatic rings. The molecule has 0 aliphatic carbocycles. The van der Waals surface area contributed by atoms with Crippen LogP contribution in [0.3, 0.4) is 0 Å². The van der Waals surface area contributed by atoms with Gasteiger partial charge in [-0.25, -0.2) is 0 Å². The number of hydrogen-bond donors (Lipinski definition) is 0. The van der Waals surface area contributed by atoms with Gasteiger partial charge < -0.3 is 14.4 Å². The summed E-state index contributed by atoms with van der Waals surface area (Å²) >= 11 is 0. The van der Waals surface area contributed by atoms with Crippen molar-refractivity contribution in [1.82, 2.24) is 4.90 Å². The highest BCUT2D eigenvalue weighted by Crippen LogP contribution is 2.28. The van der Waals surface area contributed by atoms with Gasteiger partial charge in [-0.15, -0.1) is 0 Å². The molecule has 0 heterocycles. The van der Waals surface area contributed by atoms with Crippen molar-refractivity contribution in [1.29, 1.82) is 0 Å². The molecule has 0 amide bonds. The Kier molecular flexibility index (Phi) is 5.65. The Morgan fingerprint density at radius 2 is 2.00 bits per heavy atom. The molecule has 0 fully saturated rings. The zero-order valence-electron chi connectivity index (χ0n) is 11.5. The Morgan fingerprint density at radius 1 is 1.28 bits per heavy atom. The van der Waals surface area contributed by atoms with E-state index in [1.54, 1.807) is 25.3 Å². The molecule has 0 saturated heterocycles. The number of nitrogens with zero attached hydrogens (tertiary/aromatic N) is 1. The average Bonchev–Trinajstić information content (AvgIpc) is 2.34. The van der Waals surface area contributed by atoms with Gasteiger partial charge in [0.15, 0.2) is 17.3 Å². The molecule has 0 N–H and O–H groups in total. The van der Waals surface area contributed by atoms with E-state index < -0.39 is 0 Å². The lowest BCUT2D eigenvalue weighted by Gasteiger charge is -2.13. The molecule has 0 aromatic heterocycles. The molecule has 1 rings (SSSR count). The number of methoxy groups -OCH3 is 1. The van der Waals surface area contributed by atoms with E-state index in [4.69, 9.17) is 9.47 Å². The molecule has 4 nitrogen and oxygen atoms in total. The van der Waals surface area contributed by atoms with Crippen LogP contribution >= 0.6 is 0 Å². The number of hydrogen-bond acceptors (Lipinski definition) is 4. The number of rotatable bonds is 7. The van der Waals surface area contributed by atoms with Crippen LogP contribution in [0.15, 0.2) is 18.2 Å². The quantitative estimate of drug-likeness (QED) is 0.550. The van der Waals surface area contributed by atoms with E-state index in [1.165, 1.54) is 6.92 Å². The SMILES string of the molecule is COc1cc(C(C)=O)ccc1OCCCN(C)C. The van der Waals surface area contributed by atoms with E-state index in [-0.39, 0.29) is 5.78 Å². The van der Waals surface area contributed by atoms with Crippen molar-refractivity contribution in [3.05, 3.63) is 23.8 Å². The molecule has 100 valence electrons. The fourth-order valence-corrected chi connectivity index (χ4v) is 1.57. The van der Waals surface area contributed by atoms with Crippen molar-refractivity contribution >= 4 is 5.78 Å². The smallest absolute Gasteiger partial charge is 0.161 e. The number of carbonyl (C=O) groups excluding carboxylic acids is 1. The molecular weight excluding hydrogens is 230 g/mol. The lowest BCUT2D eigenvalue weighted by molar-refractivity contribution is 0.101. The van der Waals surface area contributed by atoms with Crippen molar-refractivity contribution in [2.75, 3.05) is 34.4 Å². The summed E-state index contributed by atoms with van der Waals surface area (Å²) in [5.74, 6) is 1.31. The summed E-state index contributed by atoms with van der Waals surface area (Å²) in [6, 6.07) is 5.25. The maximum atomic E-state index is 11.3. The second-order valence-electron chi connectivity index (χ2n) is 4.43. The first-order chi connectivity index (χ1) is 8.54. The Bertz CT molecular complexity index is 402. The number of ketones is 1. The van der Waals surface area contributed by atoms with Gasteiger partial charge in [-0.2, -0.15) is 0 Å². The second kappa shape index (κ2) is 7.01. The van der Waals surface area contributed by atoms with Crippen LogP contribution in [0.5, 0.6) is 11.5 Å². The first-order valence-electron chi connectivity index (χ1n) is 6.01. The molecule has 4 heteroatoms. The third-order valence-electron chi connectivity index (χ3n) is 2.58. The van der Waals surface area contributed by atoms with Gasteiger partial charge in [0.25, 0.3) is 0 Å². The van der Waals surface area contributed by atoms with Gasteiger partial charge in [0, 0.05) is 12.1 Å². The molecule has 18 heavy (non-hydrogen) atoms. The Labute approximate surface area is 108 Å². The maximum Gasteiger partial charge on any atom is 0.161 e. The van der Waals surface area contributed by atoms with Crippen molar-refractivity contribution < 1.29 is 14.3 Å². The van der Waals surface area contributed by atoms with Gasteiger partial charge in [0.05, 0.1) is 13.7 Å². The first-order valence-corrected chi connectivity index (χ1v) is 6.01. The molecule has 0 aliphatic heterocycles. The molecule has 0 atom stereocenters. The van der Waals surface area contributed by atoms with Crippen molar-refractivity contribution in [3.63, 3.8) is 0 Å². The van der Waals surface area contributed by atoms with E-state index in [0.717, 1.165) is 13.0 Å². The number of Topliss-reactive ketones (excluding diaryl/α,β-unsaturated/α-hetero) is 1. The molecule has 0 unspecified atom stereocenters. The summed E-state index contributed by atoms with van der Waals surface area (Å²) in [6.45, 7) is 3.15. The van der Waals surface area contributed by atoms with Gasteiger partial charge in [-0.1, -0.05) is 0 Å². The molecule has 1 aromatic carbocycles. The molecule has 0 radical (unpaired) electrons. The highest BCUT2D eigenvalue weighted by atomic mass is 16.5. The van der Waals surface area contributed by atoms with Crippen molar-refractivity contribution in [3.8, 4) is 11.5 Å². The molecule has 0 bridgehead atoms. The summed E-state index contributed by atoms with van der Waals surface area (Å²) in [4.78, 5) is 13.4. The van der Waals surface area contributed by atoms with E-state index in [9.17, 15) is 4.79 Å².